The zero-order valence-electron chi connectivity index (χ0n) is 21.2. The highest BCUT2D eigenvalue weighted by molar-refractivity contribution is 5.37. The molecule has 0 saturated heterocycles. The van der Waals surface area contributed by atoms with Gasteiger partial charge >= 0.3 is 0 Å². The summed E-state index contributed by atoms with van der Waals surface area (Å²) in [5.74, 6) is 3.62. The van der Waals surface area contributed by atoms with E-state index in [-0.39, 0.29) is 0 Å². The fourth-order valence-corrected chi connectivity index (χ4v) is 6.79. The van der Waals surface area contributed by atoms with Crippen molar-refractivity contribution in [2.45, 2.75) is 130 Å². The van der Waals surface area contributed by atoms with Gasteiger partial charge in [-0.3, -0.25) is 0 Å². The van der Waals surface area contributed by atoms with Gasteiger partial charge < -0.3 is 4.74 Å². The van der Waals surface area contributed by atoms with Gasteiger partial charge in [-0.1, -0.05) is 77.8 Å². The number of hydrogen-bond donors (Lipinski definition) is 0. The summed E-state index contributed by atoms with van der Waals surface area (Å²) >= 11 is 0. The molecule has 0 amide bonds. The van der Waals surface area contributed by atoms with Crippen molar-refractivity contribution in [1.82, 2.24) is 0 Å². The van der Waals surface area contributed by atoms with Crippen LogP contribution >= 0.6 is 0 Å². The third-order valence-electron chi connectivity index (χ3n) is 8.95. The molecule has 0 heterocycles. The molecular weight excluding hydrogens is 376 g/mol. The van der Waals surface area contributed by atoms with Crippen molar-refractivity contribution in [2.75, 3.05) is 6.61 Å². The molecular formula is C30H50O. The SMILES string of the molecule is CCCCCC1([C@H]2CC[C@H](C(C)c3ccc(OCCCC)c(C)c3)CC2)CCCCC1. The minimum atomic E-state index is 0.673. The number of unbranched alkanes of at least 4 members (excludes halogenated alkanes) is 3. The Kier molecular flexibility index (Phi) is 9.79. The van der Waals surface area contributed by atoms with Gasteiger partial charge in [-0.15, -0.1) is 0 Å². The van der Waals surface area contributed by atoms with Gasteiger partial charge in [0.1, 0.15) is 5.75 Å². The Bertz CT molecular complexity index is 634. The summed E-state index contributed by atoms with van der Waals surface area (Å²) in [7, 11) is 0. The second kappa shape index (κ2) is 12.3. The lowest BCUT2D eigenvalue weighted by molar-refractivity contribution is 0.0409. The van der Waals surface area contributed by atoms with Gasteiger partial charge in [0.15, 0.2) is 0 Å². The Morgan fingerprint density at radius 3 is 2.29 bits per heavy atom. The zero-order chi connectivity index (χ0) is 22.1. The second-order valence-corrected chi connectivity index (χ2v) is 11.0. The molecule has 0 aromatic heterocycles. The number of rotatable bonds is 11. The molecule has 2 fully saturated rings. The lowest BCUT2D eigenvalue weighted by Gasteiger charge is -2.47. The molecule has 31 heavy (non-hydrogen) atoms. The molecule has 0 spiro atoms. The molecule has 0 N–H and O–H groups in total. The predicted molar refractivity (Wildman–Crippen MR) is 135 cm³/mol. The summed E-state index contributed by atoms with van der Waals surface area (Å²) in [6, 6.07) is 6.98. The Hall–Kier alpha value is -0.980. The van der Waals surface area contributed by atoms with Crippen LogP contribution in [0.4, 0.5) is 0 Å². The van der Waals surface area contributed by atoms with Gasteiger partial charge in [-0.05, 0) is 98.7 Å². The van der Waals surface area contributed by atoms with Crippen LogP contribution in [0.3, 0.4) is 0 Å². The van der Waals surface area contributed by atoms with E-state index in [1.807, 2.05) is 0 Å². The number of benzene rings is 1. The Morgan fingerprint density at radius 2 is 1.65 bits per heavy atom. The highest BCUT2D eigenvalue weighted by Gasteiger charge is 2.41. The van der Waals surface area contributed by atoms with Crippen molar-refractivity contribution in [3.05, 3.63) is 29.3 Å². The smallest absolute Gasteiger partial charge is 0.122 e. The molecule has 176 valence electrons. The predicted octanol–water partition coefficient (Wildman–Crippen LogP) is 9.61. The van der Waals surface area contributed by atoms with Gasteiger partial charge in [0, 0.05) is 0 Å². The second-order valence-electron chi connectivity index (χ2n) is 11.0. The van der Waals surface area contributed by atoms with Crippen molar-refractivity contribution in [2.24, 2.45) is 17.3 Å². The van der Waals surface area contributed by atoms with Crippen LogP contribution in [0.15, 0.2) is 18.2 Å². The summed E-state index contributed by atoms with van der Waals surface area (Å²) in [6.07, 6.45) is 21.5. The Morgan fingerprint density at radius 1 is 0.935 bits per heavy atom. The van der Waals surface area contributed by atoms with E-state index in [2.05, 4.69) is 45.9 Å². The first-order valence-electron chi connectivity index (χ1n) is 13.8. The first-order chi connectivity index (χ1) is 15.1. The maximum Gasteiger partial charge on any atom is 0.122 e. The molecule has 3 rings (SSSR count). The maximum atomic E-state index is 5.99. The van der Waals surface area contributed by atoms with E-state index >= 15 is 0 Å². The minimum absolute atomic E-state index is 0.673. The summed E-state index contributed by atoms with van der Waals surface area (Å²) in [5, 5.41) is 0. The van der Waals surface area contributed by atoms with Crippen LogP contribution in [0, 0.1) is 24.2 Å². The topological polar surface area (TPSA) is 9.23 Å². The Balaban J connectivity index is 1.57. The zero-order valence-corrected chi connectivity index (χ0v) is 21.2. The lowest BCUT2D eigenvalue weighted by Crippen LogP contribution is -2.36. The van der Waals surface area contributed by atoms with Crippen LogP contribution in [-0.2, 0) is 0 Å². The maximum absolute atomic E-state index is 5.99. The van der Waals surface area contributed by atoms with Crippen LogP contribution in [0.2, 0.25) is 0 Å². The fourth-order valence-electron chi connectivity index (χ4n) is 6.79. The van der Waals surface area contributed by atoms with Gasteiger partial charge in [0.25, 0.3) is 0 Å². The van der Waals surface area contributed by atoms with Crippen molar-refractivity contribution < 1.29 is 4.74 Å². The molecule has 2 saturated carbocycles. The van der Waals surface area contributed by atoms with Crippen molar-refractivity contribution in [1.29, 1.82) is 0 Å². The molecule has 0 radical (unpaired) electrons. The normalized spacial score (nSPS) is 24.6. The molecule has 2 aliphatic carbocycles. The average molecular weight is 427 g/mol. The average Bonchev–Trinajstić information content (AvgIpc) is 2.80. The summed E-state index contributed by atoms with van der Waals surface area (Å²) in [5.41, 5.74) is 3.54. The molecule has 1 unspecified atom stereocenters. The molecule has 1 atom stereocenters. The van der Waals surface area contributed by atoms with Crippen LogP contribution in [0.1, 0.15) is 134 Å². The van der Waals surface area contributed by atoms with Crippen LogP contribution in [0.5, 0.6) is 5.75 Å². The number of hydrogen-bond acceptors (Lipinski definition) is 1. The molecule has 0 aliphatic heterocycles. The Labute approximate surface area is 193 Å². The molecule has 1 aromatic rings. The van der Waals surface area contributed by atoms with E-state index < -0.39 is 0 Å². The summed E-state index contributed by atoms with van der Waals surface area (Å²) < 4.78 is 5.99. The summed E-state index contributed by atoms with van der Waals surface area (Å²) in [4.78, 5) is 0. The van der Waals surface area contributed by atoms with Crippen molar-refractivity contribution >= 4 is 0 Å². The van der Waals surface area contributed by atoms with Crippen LogP contribution in [-0.4, -0.2) is 6.61 Å². The number of aryl methyl sites for hydroxylation is 1. The monoisotopic (exact) mass is 426 g/mol. The first kappa shape index (κ1) is 24.7. The molecule has 1 nitrogen and oxygen atoms in total. The van der Waals surface area contributed by atoms with E-state index in [1.165, 1.54) is 101 Å². The van der Waals surface area contributed by atoms with Crippen LogP contribution in [0.25, 0.3) is 0 Å². The molecule has 0 bridgehead atoms. The van der Waals surface area contributed by atoms with E-state index in [9.17, 15) is 0 Å². The van der Waals surface area contributed by atoms with E-state index in [1.54, 1.807) is 0 Å². The largest absolute Gasteiger partial charge is 0.493 e. The summed E-state index contributed by atoms with van der Waals surface area (Å²) in [6.45, 7) is 10.1. The number of ether oxygens (including phenoxy) is 1. The van der Waals surface area contributed by atoms with Crippen LogP contribution < -0.4 is 4.74 Å². The van der Waals surface area contributed by atoms with E-state index in [0.29, 0.717) is 11.3 Å². The lowest BCUT2D eigenvalue weighted by atomic mass is 9.58. The van der Waals surface area contributed by atoms with E-state index in [4.69, 9.17) is 4.74 Å². The van der Waals surface area contributed by atoms with Gasteiger partial charge in [0.2, 0.25) is 0 Å². The van der Waals surface area contributed by atoms with Gasteiger partial charge in [0.05, 0.1) is 6.61 Å². The van der Waals surface area contributed by atoms with Crippen molar-refractivity contribution in [3.8, 4) is 5.75 Å². The highest BCUT2D eigenvalue weighted by atomic mass is 16.5. The van der Waals surface area contributed by atoms with Crippen molar-refractivity contribution in [3.63, 3.8) is 0 Å². The standard InChI is InChI=1S/C30H50O/c1-5-7-10-19-30(20-11-9-12-21-30)28-16-13-26(14-17-28)25(4)27-15-18-29(24(3)23-27)31-22-8-6-2/h15,18,23,25-26,28H,5-14,16-17,19-22H2,1-4H3/t25?,26-,28-. The fraction of sp³-hybridized carbons (Fsp3) is 0.800. The third-order valence-corrected chi connectivity index (χ3v) is 8.95. The highest BCUT2D eigenvalue weighted by Crippen LogP contribution is 2.53. The quantitative estimate of drug-likeness (QED) is 0.320. The van der Waals surface area contributed by atoms with Gasteiger partial charge in [-0.2, -0.15) is 0 Å². The molecule has 1 aromatic carbocycles. The third kappa shape index (κ3) is 6.52. The van der Waals surface area contributed by atoms with E-state index in [0.717, 1.165) is 30.6 Å². The molecule has 2 aliphatic rings. The minimum Gasteiger partial charge on any atom is -0.493 e. The van der Waals surface area contributed by atoms with Gasteiger partial charge in [-0.25, -0.2) is 0 Å². The first-order valence-corrected chi connectivity index (χ1v) is 13.8. The molecule has 1 heteroatoms.